The van der Waals surface area contributed by atoms with Gasteiger partial charge in [0, 0.05) is 44.3 Å². The molecule has 8 heteroatoms. The van der Waals surface area contributed by atoms with Crippen LogP contribution >= 0.6 is 11.6 Å². The number of benzene rings is 1. The van der Waals surface area contributed by atoms with E-state index in [0.29, 0.717) is 24.3 Å². The van der Waals surface area contributed by atoms with Crippen molar-refractivity contribution in [3.63, 3.8) is 0 Å². The summed E-state index contributed by atoms with van der Waals surface area (Å²) in [6.45, 7) is 2.90. The van der Waals surface area contributed by atoms with Crippen molar-refractivity contribution < 1.29 is 14.0 Å². The van der Waals surface area contributed by atoms with E-state index in [1.807, 2.05) is 7.05 Å². The van der Waals surface area contributed by atoms with E-state index in [1.165, 1.54) is 36.7 Å². The summed E-state index contributed by atoms with van der Waals surface area (Å²) >= 11 is 5.71. The number of carbonyl (C=O) groups excluding carboxylic acids is 2. The Balaban J connectivity index is 1.72. The highest BCUT2D eigenvalue weighted by Gasteiger charge is 2.21. The smallest absolute Gasteiger partial charge is 0.257 e. The van der Waals surface area contributed by atoms with E-state index in [-0.39, 0.29) is 16.5 Å². The van der Waals surface area contributed by atoms with Crippen molar-refractivity contribution in [1.82, 2.24) is 14.8 Å². The van der Waals surface area contributed by atoms with E-state index in [9.17, 15) is 14.0 Å². The summed E-state index contributed by atoms with van der Waals surface area (Å²) in [7, 11) is 2.01. The number of hydrogen-bond acceptors (Lipinski definition) is 4. The predicted octanol–water partition coefficient (Wildman–Crippen LogP) is 2.51. The molecule has 1 N–H and O–H groups in total. The van der Waals surface area contributed by atoms with Gasteiger partial charge in [-0.05, 0) is 31.3 Å². The maximum atomic E-state index is 13.2. The molecule has 0 atom stereocenters. The van der Waals surface area contributed by atoms with Gasteiger partial charge in [0.1, 0.15) is 5.82 Å². The van der Waals surface area contributed by atoms with Crippen LogP contribution in [0.1, 0.15) is 20.7 Å². The second-order valence-electron chi connectivity index (χ2n) is 6.14. The Morgan fingerprint density at radius 2 is 1.81 bits per heavy atom. The zero-order valence-corrected chi connectivity index (χ0v) is 15.0. The molecule has 136 valence electrons. The summed E-state index contributed by atoms with van der Waals surface area (Å²) in [5, 5.41) is 2.53. The Morgan fingerprint density at radius 3 is 2.50 bits per heavy atom. The molecule has 0 radical (unpaired) electrons. The molecule has 1 aromatic heterocycles. The number of pyridine rings is 1. The number of rotatable bonds is 3. The van der Waals surface area contributed by atoms with Gasteiger partial charge in [0.05, 0.1) is 16.1 Å². The van der Waals surface area contributed by atoms with Gasteiger partial charge in [0.15, 0.2) is 0 Å². The van der Waals surface area contributed by atoms with Gasteiger partial charge >= 0.3 is 0 Å². The molecule has 2 aromatic rings. The van der Waals surface area contributed by atoms with Crippen molar-refractivity contribution in [2.24, 2.45) is 0 Å². The number of anilines is 1. The van der Waals surface area contributed by atoms with E-state index < -0.39 is 11.7 Å². The number of nitrogens with zero attached hydrogens (tertiary/aromatic N) is 3. The van der Waals surface area contributed by atoms with Gasteiger partial charge in [-0.1, -0.05) is 11.6 Å². The first kappa shape index (κ1) is 18.3. The molecule has 0 saturated carbocycles. The summed E-state index contributed by atoms with van der Waals surface area (Å²) in [6, 6.07) is 5.41. The second kappa shape index (κ2) is 7.80. The monoisotopic (exact) mass is 376 g/mol. The minimum absolute atomic E-state index is 0.0834. The van der Waals surface area contributed by atoms with Gasteiger partial charge in [0.2, 0.25) is 0 Å². The fraction of sp³-hybridized carbons (Fsp3) is 0.278. The Labute approximate surface area is 155 Å². The number of nitrogens with one attached hydrogen (secondary N) is 1. The lowest BCUT2D eigenvalue weighted by molar-refractivity contribution is 0.0663. The maximum absolute atomic E-state index is 13.2. The molecular formula is C18H18ClFN4O2. The average molecular weight is 377 g/mol. The third-order valence-corrected chi connectivity index (χ3v) is 4.50. The molecule has 2 amide bonds. The second-order valence-corrected chi connectivity index (χ2v) is 6.55. The summed E-state index contributed by atoms with van der Waals surface area (Å²) in [5.41, 5.74) is 0.960. The van der Waals surface area contributed by atoms with Crippen LogP contribution in [-0.4, -0.2) is 59.8 Å². The molecule has 2 heterocycles. The SMILES string of the molecule is CN1CCN(C(=O)c2cncc(C(=O)Nc3ccc(F)c(Cl)c3)c2)CC1. The van der Waals surface area contributed by atoms with Crippen molar-refractivity contribution in [1.29, 1.82) is 0 Å². The molecular weight excluding hydrogens is 359 g/mol. The highest BCUT2D eigenvalue weighted by Crippen LogP contribution is 2.20. The lowest BCUT2D eigenvalue weighted by Crippen LogP contribution is -2.47. The number of aromatic nitrogens is 1. The van der Waals surface area contributed by atoms with Crippen molar-refractivity contribution in [3.05, 3.63) is 58.6 Å². The van der Waals surface area contributed by atoms with Gasteiger partial charge in [-0.2, -0.15) is 0 Å². The summed E-state index contributed by atoms with van der Waals surface area (Å²) in [6.07, 6.45) is 2.83. The van der Waals surface area contributed by atoms with Crippen LogP contribution in [0.25, 0.3) is 0 Å². The van der Waals surface area contributed by atoms with Crippen LogP contribution < -0.4 is 5.32 Å². The lowest BCUT2D eigenvalue weighted by Gasteiger charge is -2.32. The van der Waals surface area contributed by atoms with Gasteiger partial charge in [-0.25, -0.2) is 4.39 Å². The van der Waals surface area contributed by atoms with Crippen LogP contribution in [0, 0.1) is 5.82 Å². The predicted molar refractivity (Wildman–Crippen MR) is 97.0 cm³/mol. The Bertz CT molecular complexity index is 838. The third kappa shape index (κ3) is 4.17. The van der Waals surface area contributed by atoms with Gasteiger partial charge < -0.3 is 15.1 Å². The largest absolute Gasteiger partial charge is 0.336 e. The number of amides is 2. The number of piperazine rings is 1. The minimum Gasteiger partial charge on any atom is -0.336 e. The molecule has 1 aliphatic heterocycles. The number of carbonyl (C=O) groups is 2. The molecule has 0 bridgehead atoms. The molecule has 1 aliphatic rings. The highest BCUT2D eigenvalue weighted by molar-refractivity contribution is 6.31. The lowest BCUT2D eigenvalue weighted by atomic mass is 10.1. The Kier molecular flexibility index (Phi) is 5.49. The molecule has 1 saturated heterocycles. The van der Waals surface area contributed by atoms with E-state index >= 15 is 0 Å². The first-order valence-corrected chi connectivity index (χ1v) is 8.51. The summed E-state index contributed by atoms with van der Waals surface area (Å²) < 4.78 is 13.2. The van der Waals surface area contributed by atoms with Crippen LogP contribution in [0.5, 0.6) is 0 Å². The van der Waals surface area contributed by atoms with Crippen molar-refractivity contribution in [3.8, 4) is 0 Å². The van der Waals surface area contributed by atoms with Crippen LogP contribution in [0.15, 0.2) is 36.7 Å². The van der Waals surface area contributed by atoms with Crippen LogP contribution in [-0.2, 0) is 0 Å². The van der Waals surface area contributed by atoms with E-state index in [0.717, 1.165) is 13.1 Å². The average Bonchev–Trinajstić information content (AvgIpc) is 2.65. The van der Waals surface area contributed by atoms with Crippen molar-refractivity contribution in [2.45, 2.75) is 0 Å². The normalized spacial score (nSPS) is 15.0. The van der Waals surface area contributed by atoms with Crippen LogP contribution in [0.3, 0.4) is 0 Å². The van der Waals surface area contributed by atoms with Crippen LogP contribution in [0.4, 0.5) is 10.1 Å². The number of hydrogen-bond donors (Lipinski definition) is 1. The number of likely N-dealkylation sites (N-methyl/N-ethyl adjacent to an activating group) is 1. The van der Waals surface area contributed by atoms with Crippen LogP contribution in [0.2, 0.25) is 5.02 Å². The zero-order valence-electron chi connectivity index (χ0n) is 14.2. The molecule has 3 rings (SSSR count). The quantitative estimate of drug-likeness (QED) is 0.894. The molecule has 26 heavy (non-hydrogen) atoms. The molecule has 6 nitrogen and oxygen atoms in total. The minimum atomic E-state index is -0.564. The van der Waals surface area contributed by atoms with E-state index in [2.05, 4.69) is 15.2 Å². The standard InChI is InChI=1S/C18H18ClFN4O2/c1-23-4-6-24(7-5-23)18(26)13-8-12(10-21-11-13)17(25)22-14-2-3-16(20)15(19)9-14/h2-3,8-11H,4-7H2,1H3,(H,22,25). The molecule has 0 spiro atoms. The van der Waals surface area contributed by atoms with Crippen molar-refractivity contribution in [2.75, 3.05) is 38.5 Å². The molecule has 0 aliphatic carbocycles. The Morgan fingerprint density at radius 1 is 1.12 bits per heavy atom. The number of halogens is 2. The van der Waals surface area contributed by atoms with Gasteiger partial charge in [0.25, 0.3) is 11.8 Å². The fourth-order valence-electron chi connectivity index (χ4n) is 2.65. The van der Waals surface area contributed by atoms with Crippen molar-refractivity contribution >= 4 is 29.1 Å². The summed E-state index contributed by atoms with van der Waals surface area (Å²) in [5.74, 6) is -1.16. The summed E-state index contributed by atoms with van der Waals surface area (Å²) in [4.78, 5) is 32.9. The topological polar surface area (TPSA) is 65.5 Å². The van der Waals surface area contributed by atoms with Gasteiger partial charge in [-0.15, -0.1) is 0 Å². The molecule has 0 unspecified atom stereocenters. The first-order valence-electron chi connectivity index (χ1n) is 8.13. The first-order chi connectivity index (χ1) is 12.4. The Hall–Kier alpha value is -2.51. The zero-order chi connectivity index (χ0) is 18.7. The third-order valence-electron chi connectivity index (χ3n) is 4.22. The molecule has 1 aromatic carbocycles. The molecule has 1 fully saturated rings. The van der Waals surface area contributed by atoms with E-state index in [1.54, 1.807) is 4.90 Å². The highest BCUT2D eigenvalue weighted by atomic mass is 35.5. The van der Waals surface area contributed by atoms with E-state index in [4.69, 9.17) is 11.6 Å². The maximum Gasteiger partial charge on any atom is 0.257 e. The van der Waals surface area contributed by atoms with Gasteiger partial charge in [-0.3, -0.25) is 14.6 Å². The fourth-order valence-corrected chi connectivity index (χ4v) is 2.83.